The minimum atomic E-state index is -1.50. The van der Waals surface area contributed by atoms with Crippen molar-refractivity contribution in [3.05, 3.63) is 39.8 Å². The van der Waals surface area contributed by atoms with Crippen LogP contribution >= 0.6 is 0 Å². The summed E-state index contributed by atoms with van der Waals surface area (Å²) in [5.41, 5.74) is 1.70. The Morgan fingerprint density at radius 3 is 2.32 bits per heavy atom. The van der Waals surface area contributed by atoms with Gasteiger partial charge in [0, 0.05) is 31.4 Å². The highest BCUT2D eigenvalue weighted by Gasteiger charge is 2.56. The number of allylic oxidation sites excluding steroid dienone is 4. The van der Waals surface area contributed by atoms with Gasteiger partial charge in [-0.05, 0) is 27.7 Å². The molecule has 1 atom stereocenters. The zero-order valence-electron chi connectivity index (χ0n) is 16.6. The summed E-state index contributed by atoms with van der Waals surface area (Å²) < 4.78 is 5.70. The van der Waals surface area contributed by atoms with E-state index in [0.29, 0.717) is 5.70 Å². The molecule has 0 bridgehead atoms. The lowest BCUT2D eigenvalue weighted by Crippen LogP contribution is -2.42. The average Bonchev–Trinajstić information content (AvgIpc) is 2.85. The van der Waals surface area contributed by atoms with Crippen molar-refractivity contribution in [1.82, 2.24) is 10.4 Å². The number of ether oxygens (including phenoxy) is 1. The topological polar surface area (TPSA) is 116 Å². The molecule has 0 saturated carbocycles. The first-order chi connectivity index (χ1) is 12.9. The van der Waals surface area contributed by atoms with Crippen LogP contribution in [-0.2, 0) is 15.0 Å². The number of rotatable bonds is 3. The Morgan fingerprint density at radius 1 is 1.18 bits per heavy atom. The summed E-state index contributed by atoms with van der Waals surface area (Å²) in [6.45, 7) is 5.82. The SMILES string of the molecule is CC(=O)c1c(O)c(C)c(O)c2c1OC1=CC(=O)/C(=C(/C)NN(C)C)C(=O)[C@@]12C. The summed E-state index contributed by atoms with van der Waals surface area (Å²) in [5.74, 6) is -2.42. The molecule has 1 aliphatic heterocycles. The van der Waals surface area contributed by atoms with Crippen molar-refractivity contribution in [1.29, 1.82) is 0 Å². The predicted octanol–water partition coefficient (Wildman–Crippen LogP) is 1.63. The smallest absolute Gasteiger partial charge is 0.194 e. The summed E-state index contributed by atoms with van der Waals surface area (Å²) in [6.07, 6.45) is 1.19. The number of benzene rings is 1. The standard InChI is InChI=1S/C20H22N2O6/c1-8-16(25)14(10(3)23)18-15(17(8)26)20(4)12(28-18)7-11(24)13(19(20)27)9(2)21-22(5)6/h7,21,25-26H,1-6H3/b13-9+/t20-/m0/s1. The zero-order valence-corrected chi connectivity index (χ0v) is 16.6. The van der Waals surface area contributed by atoms with Gasteiger partial charge in [-0.15, -0.1) is 0 Å². The molecule has 1 aromatic rings. The minimum absolute atomic E-state index is 0.0155. The Hall–Kier alpha value is -3.13. The molecular weight excluding hydrogens is 364 g/mol. The van der Waals surface area contributed by atoms with E-state index in [1.54, 1.807) is 26.0 Å². The summed E-state index contributed by atoms with van der Waals surface area (Å²) in [7, 11) is 3.44. The number of Topliss-reactive ketones (excluding diaryl/α,β-unsaturated/α-hetero) is 2. The Balaban J connectivity index is 2.35. The Kier molecular flexibility index (Phi) is 4.35. The molecule has 0 spiro atoms. The van der Waals surface area contributed by atoms with Gasteiger partial charge in [0.15, 0.2) is 17.3 Å². The first-order valence-corrected chi connectivity index (χ1v) is 8.66. The van der Waals surface area contributed by atoms with Gasteiger partial charge in [0.25, 0.3) is 0 Å². The van der Waals surface area contributed by atoms with Crippen LogP contribution in [0.4, 0.5) is 0 Å². The third-order valence-electron chi connectivity index (χ3n) is 5.15. The number of ketones is 3. The van der Waals surface area contributed by atoms with Crippen molar-refractivity contribution in [3.8, 4) is 17.2 Å². The van der Waals surface area contributed by atoms with Crippen LogP contribution in [0.5, 0.6) is 17.2 Å². The fourth-order valence-electron chi connectivity index (χ4n) is 3.75. The van der Waals surface area contributed by atoms with E-state index in [1.807, 2.05) is 0 Å². The predicted molar refractivity (Wildman–Crippen MR) is 100 cm³/mol. The highest BCUT2D eigenvalue weighted by atomic mass is 16.5. The van der Waals surface area contributed by atoms with Crippen molar-refractivity contribution < 1.29 is 29.3 Å². The van der Waals surface area contributed by atoms with Gasteiger partial charge in [-0.1, -0.05) is 0 Å². The van der Waals surface area contributed by atoms with Crippen molar-refractivity contribution in [3.63, 3.8) is 0 Å². The largest absolute Gasteiger partial charge is 0.507 e. The lowest BCUT2D eigenvalue weighted by Gasteiger charge is -2.29. The molecular formula is C20H22N2O6. The van der Waals surface area contributed by atoms with Gasteiger partial charge < -0.3 is 20.4 Å². The first-order valence-electron chi connectivity index (χ1n) is 8.66. The summed E-state index contributed by atoms with van der Waals surface area (Å²) in [6, 6.07) is 0. The maximum absolute atomic E-state index is 13.4. The lowest BCUT2D eigenvalue weighted by atomic mass is 9.70. The van der Waals surface area contributed by atoms with Crippen LogP contribution < -0.4 is 10.2 Å². The fourth-order valence-corrected chi connectivity index (χ4v) is 3.75. The fraction of sp³-hybridized carbons (Fsp3) is 0.350. The third kappa shape index (κ3) is 2.45. The van der Waals surface area contributed by atoms with E-state index < -0.39 is 28.5 Å². The molecule has 0 amide bonds. The zero-order chi connectivity index (χ0) is 21.1. The third-order valence-corrected chi connectivity index (χ3v) is 5.15. The number of nitrogens with zero attached hydrogens (tertiary/aromatic N) is 1. The number of fused-ring (bicyclic) bond motifs is 3. The van der Waals surface area contributed by atoms with Gasteiger partial charge in [-0.3, -0.25) is 14.4 Å². The number of hydrazine groups is 1. The Morgan fingerprint density at radius 2 is 1.79 bits per heavy atom. The first kappa shape index (κ1) is 19.6. The van der Waals surface area contributed by atoms with E-state index in [2.05, 4.69) is 5.43 Å². The Bertz CT molecular complexity index is 1020. The molecule has 0 radical (unpaired) electrons. The number of hydrogen-bond donors (Lipinski definition) is 3. The molecule has 0 aromatic heterocycles. The van der Waals surface area contributed by atoms with Gasteiger partial charge in [0.05, 0.1) is 11.1 Å². The summed E-state index contributed by atoms with van der Waals surface area (Å²) in [4.78, 5) is 38.2. The van der Waals surface area contributed by atoms with Crippen LogP contribution in [0, 0.1) is 6.92 Å². The van der Waals surface area contributed by atoms with E-state index in [4.69, 9.17) is 4.74 Å². The second kappa shape index (κ2) is 6.20. The lowest BCUT2D eigenvalue weighted by molar-refractivity contribution is -0.123. The Labute approximate surface area is 162 Å². The molecule has 0 saturated heterocycles. The van der Waals surface area contributed by atoms with Crippen LogP contribution in [0.15, 0.2) is 23.1 Å². The number of nitrogens with one attached hydrogen (secondary N) is 1. The number of aromatic hydroxyl groups is 2. The van der Waals surface area contributed by atoms with Crippen LogP contribution in [0.1, 0.15) is 42.3 Å². The van der Waals surface area contributed by atoms with Crippen molar-refractivity contribution in [2.75, 3.05) is 14.1 Å². The monoisotopic (exact) mass is 386 g/mol. The molecule has 1 aliphatic carbocycles. The number of carbonyl (C=O) groups excluding carboxylic acids is 3. The van der Waals surface area contributed by atoms with E-state index in [9.17, 15) is 24.6 Å². The molecule has 0 fully saturated rings. The molecule has 3 rings (SSSR count). The summed E-state index contributed by atoms with van der Waals surface area (Å²) in [5, 5.41) is 22.6. The number of hydrogen-bond acceptors (Lipinski definition) is 8. The van der Waals surface area contributed by atoms with Gasteiger partial charge in [0.1, 0.15) is 34.0 Å². The van der Waals surface area contributed by atoms with E-state index in [1.165, 1.54) is 26.8 Å². The number of phenolic OH excluding ortho intramolecular Hbond substituents is 2. The van der Waals surface area contributed by atoms with E-state index in [-0.39, 0.29) is 39.5 Å². The molecule has 3 N–H and O–H groups in total. The molecule has 28 heavy (non-hydrogen) atoms. The van der Waals surface area contributed by atoms with Gasteiger partial charge >= 0.3 is 0 Å². The minimum Gasteiger partial charge on any atom is -0.507 e. The molecule has 1 aromatic carbocycles. The molecule has 8 heteroatoms. The van der Waals surface area contributed by atoms with Crippen LogP contribution in [0.3, 0.4) is 0 Å². The van der Waals surface area contributed by atoms with Crippen LogP contribution in [-0.4, -0.2) is 46.7 Å². The van der Waals surface area contributed by atoms with Crippen molar-refractivity contribution in [2.45, 2.75) is 33.1 Å². The molecule has 148 valence electrons. The highest BCUT2D eigenvalue weighted by Crippen LogP contribution is 2.57. The number of phenols is 2. The number of carbonyl (C=O) groups is 3. The van der Waals surface area contributed by atoms with Gasteiger partial charge in [-0.25, -0.2) is 5.01 Å². The molecule has 1 heterocycles. The molecule has 8 nitrogen and oxygen atoms in total. The van der Waals surface area contributed by atoms with Gasteiger partial charge in [0.2, 0.25) is 0 Å². The van der Waals surface area contributed by atoms with Crippen molar-refractivity contribution in [2.24, 2.45) is 0 Å². The second-order valence-electron chi connectivity index (χ2n) is 7.39. The van der Waals surface area contributed by atoms with E-state index in [0.717, 1.165) is 0 Å². The van der Waals surface area contributed by atoms with Gasteiger partial charge in [-0.2, -0.15) is 0 Å². The van der Waals surface area contributed by atoms with Crippen LogP contribution in [0.2, 0.25) is 0 Å². The van der Waals surface area contributed by atoms with E-state index >= 15 is 0 Å². The quantitative estimate of drug-likeness (QED) is 0.311. The maximum atomic E-state index is 13.4. The average molecular weight is 386 g/mol. The second-order valence-corrected chi connectivity index (χ2v) is 7.39. The molecule has 0 unspecified atom stereocenters. The maximum Gasteiger partial charge on any atom is 0.194 e. The van der Waals surface area contributed by atoms with Crippen molar-refractivity contribution >= 4 is 17.3 Å². The highest BCUT2D eigenvalue weighted by molar-refractivity contribution is 6.31. The summed E-state index contributed by atoms with van der Waals surface area (Å²) >= 11 is 0. The molecule has 2 aliphatic rings. The van der Waals surface area contributed by atoms with Crippen LogP contribution in [0.25, 0.3) is 0 Å². The normalized spacial score (nSPS) is 22.5.